The molecule has 3 aromatic heterocycles. The van der Waals surface area contributed by atoms with E-state index in [2.05, 4.69) is 24.8 Å². The third kappa shape index (κ3) is 7.07. The van der Waals surface area contributed by atoms with Crippen LogP contribution >= 0.6 is 0 Å². The van der Waals surface area contributed by atoms with Crippen LogP contribution in [-0.2, 0) is 11.0 Å². The Labute approximate surface area is 298 Å². The zero-order valence-electron chi connectivity index (χ0n) is 28.0. The predicted molar refractivity (Wildman–Crippen MR) is 179 cm³/mol. The number of nitrogens with zero attached hydrogens (tertiary/aromatic N) is 8. The van der Waals surface area contributed by atoms with Crippen molar-refractivity contribution in [2.24, 2.45) is 0 Å². The quantitative estimate of drug-likeness (QED) is 0.118. The van der Waals surface area contributed by atoms with Gasteiger partial charge < -0.3 is 19.4 Å². The van der Waals surface area contributed by atoms with Crippen LogP contribution in [0.2, 0.25) is 0 Å². The van der Waals surface area contributed by atoms with Crippen molar-refractivity contribution in [3.8, 4) is 17.3 Å². The van der Waals surface area contributed by atoms with Crippen molar-refractivity contribution in [2.75, 3.05) is 50.8 Å². The van der Waals surface area contributed by atoms with Gasteiger partial charge in [-0.25, -0.2) is 24.1 Å². The van der Waals surface area contributed by atoms with Gasteiger partial charge in [0.05, 0.1) is 22.2 Å². The number of rotatable bonds is 8. The van der Waals surface area contributed by atoms with Crippen molar-refractivity contribution < 1.29 is 40.3 Å². The van der Waals surface area contributed by atoms with Gasteiger partial charge >= 0.3 is 12.2 Å². The van der Waals surface area contributed by atoms with Crippen LogP contribution in [-0.4, -0.2) is 99.3 Å². The van der Waals surface area contributed by atoms with E-state index in [1.165, 1.54) is 17.2 Å². The molecule has 3 aliphatic rings. The van der Waals surface area contributed by atoms with Crippen molar-refractivity contribution >= 4 is 28.7 Å². The van der Waals surface area contributed by atoms with E-state index in [0.717, 1.165) is 18.7 Å². The number of carbonyl (C=O) groups is 1. The van der Waals surface area contributed by atoms with Gasteiger partial charge in [-0.3, -0.25) is 19.7 Å². The Morgan fingerprint density at radius 3 is 2.68 bits per heavy atom. The van der Waals surface area contributed by atoms with Crippen molar-refractivity contribution in [3.05, 3.63) is 88.9 Å². The largest absolute Gasteiger partial charge is 0.461 e. The van der Waals surface area contributed by atoms with Crippen molar-refractivity contribution in [3.63, 3.8) is 0 Å². The maximum atomic E-state index is 16.5. The number of alkyl halides is 4. The molecule has 7 rings (SSSR count). The molecule has 17 heteroatoms. The number of amides is 1. The number of anilines is 1. The number of benzene rings is 1. The first kappa shape index (κ1) is 36.0. The highest BCUT2D eigenvalue weighted by atomic mass is 19.4. The fourth-order valence-corrected chi connectivity index (χ4v) is 7.49. The second kappa shape index (κ2) is 14.2. The number of hydrogen-bond acceptors (Lipinski definition) is 8. The molecule has 1 aromatic carbocycles. The Hall–Kier alpha value is -5.37. The number of fused-ring (bicyclic) bond motifs is 2. The van der Waals surface area contributed by atoms with Gasteiger partial charge in [0.25, 0.3) is 5.91 Å². The third-order valence-corrected chi connectivity index (χ3v) is 9.93. The summed E-state index contributed by atoms with van der Waals surface area (Å²) in [6.07, 6.45) is -0.907. The molecule has 3 fully saturated rings. The first-order chi connectivity index (χ1) is 25.4. The molecule has 0 spiro atoms. The highest BCUT2D eigenvalue weighted by Gasteiger charge is 2.49. The van der Waals surface area contributed by atoms with Gasteiger partial charge in [-0.2, -0.15) is 23.1 Å². The van der Waals surface area contributed by atoms with Crippen LogP contribution in [0.5, 0.6) is 6.01 Å². The van der Waals surface area contributed by atoms with Crippen LogP contribution in [0, 0.1) is 18.2 Å². The SMILES string of the molecule is [C-]#[N+]C[C@H]1CN(c2nc(OC[C@@]34CCCN3C[C@H](F)C4)nc3c(F)c(-c4cc(F)ccc4C(F)(F)F)ncc23)CCN1C(=O)/C(F)=C/c1ccccn1. The highest BCUT2D eigenvalue weighted by Crippen LogP contribution is 2.42. The molecule has 276 valence electrons. The molecule has 0 bridgehead atoms. The minimum absolute atomic E-state index is 0.00932. The summed E-state index contributed by atoms with van der Waals surface area (Å²) < 4.78 is 108. The van der Waals surface area contributed by atoms with E-state index in [1.54, 1.807) is 17.0 Å². The number of ether oxygens (including phenoxy) is 1. The second-order valence-electron chi connectivity index (χ2n) is 13.3. The minimum Gasteiger partial charge on any atom is -0.461 e. The summed E-state index contributed by atoms with van der Waals surface area (Å²) >= 11 is 0. The molecule has 3 saturated heterocycles. The molecule has 3 atom stereocenters. The standard InChI is InChI=1S/C36H31F7N8O2/c1-44-16-24-19-49(11-12-51(24)33(52)28(39)14-23-5-2-3-9-45-23)32-26-17-46-30(25-13-21(37)6-7-27(25)36(41,42)43)29(40)31(26)47-34(48-32)53-20-35-8-4-10-50(35)18-22(38)15-35/h2-3,5-7,9,13-14,17,22,24H,4,8,10-12,15-16,18-20H2/b28-14-/t22-,24+,35+/m1/s1. The van der Waals surface area contributed by atoms with Gasteiger partial charge in [0.2, 0.25) is 6.54 Å². The monoisotopic (exact) mass is 740 g/mol. The van der Waals surface area contributed by atoms with Gasteiger partial charge in [0, 0.05) is 56.6 Å². The van der Waals surface area contributed by atoms with E-state index >= 15 is 8.78 Å². The number of halogens is 7. The number of pyridine rings is 2. The number of carbonyl (C=O) groups excluding carboxylic acids is 1. The number of piperazine rings is 1. The Kier molecular flexibility index (Phi) is 9.66. The van der Waals surface area contributed by atoms with Gasteiger partial charge in [-0.1, -0.05) is 6.07 Å². The number of hydrogen-bond donors (Lipinski definition) is 0. The fraction of sp³-hybridized carbons (Fsp3) is 0.389. The Morgan fingerprint density at radius 1 is 1.09 bits per heavy atom. The van der Waals surface area contributed by atoms with Gasteiger partial charge in [-0.05, 0) is 49.7 Å². The smallest absolute Gasteiger partial charge is 0.417 e. The lowest BCUT2D eigenvalue weighted by molar-refractivity contribution is -0.137. The van der Waals surface area contributed by atoms with Crippen LogP contribution in [0.15, 0.2) is 54.6 Å². The summed E-state index contributed by atoms with van der Waals surface area (Å²) in [5.74, 6) is -4.37. The highest BCUT2D eigenvalue weighted by molar-refractivity contribution is 5.96. The van der Waals surface area contributed by atoms with Crippen LogP contribution in [0.4, 0.5) is 36.6 Å². The van der Waals surface area contributed by atoms with Crippen LogP contribution in [0.25, 0.3) is 33.1 Å². The average molecular weight is 741 g/mol. The second-order valence-corrected chi connectivity index (χ2v) is 13.3. The van der Waals surface area contributed by atoms with Crippen LogP contribution in [0.3, 0.4) is 0 Å². The zero-order valence-corrected chi connectivity index (χ0v) is 28.0. The summed E-state index contributed by atoms with van der Waals surface area (Å²) in [7, 11) is 0. The minimum atomic E-state index is -4.97. The normalized spacial score (nSPS) is 22.3. The van der Waals surface area contributed by atoms with Gasteiger partial charge in [0.1, 0.15) is 41.7 Å². The lowest BCUT2D eigenvalue weighted by Crippen LogP contribution is -2.56. The van der Waals surface area contributed by atoms with E-state index in [-0.39, 0.29) is 68.7 Å². The molecule has 0 saturated carbocycles. The number of aromatic nitrogens is 4. The average Bonchev–Trinajstić information content (AvgIpc) is 3.66. The van der Waals surface area contributed by atoms with E-state index < -0.39 is 69.6 Å². The molecule has 0 aliphatic carbocycles. The summed E-state index contributed by atoms with van der Waals surface area (Å²) in [5.41, 5.74) is -3.88. The van der Waals surface area contributed by atoms with Gasteiger partial charge in [0.15, 0.2) is 11.6 Å². The zero-order chi connectivity index (χ0) is 37.5. The Balaban J connectivity index is 1.27. The van der Waals surface area contributed by atoms with Gasteiger partial charge in [-0.15, -0.1) is 0 Å². The molecule has 3 aliphatic heterocycles. The molecule has 53 heavy (non-hydrogen) atoms. The molecular weight excluding hydrogens is 709 g/mol. The summed E-state index contributed by atoms with van der Waals surface area (Å²) in [6.45, 7) is 7.97. The van der Waals surface area contributed by atoms with Crippen molar-refractivity contribution in [1.29, 1.82) is 0 Å². The van der Waals surface area contributed by atoms with E-state index in [0.29, 0.717) is 31.2 Å². The van der Waals surface area contributed by atoms with Crippen LogP contribution in [0.1, 0.15) is 30.5 Å². The molecule has 0 N–H and O–H groups in total. The van der Waals surface area contributed by atoms with Crippen LogP contribution < -0.4 is 9.64 Å². The maximum Gasteiger partial charge on any atom is 0.417 e. The fourth-order valence-electron chi connectivity index (χ4n) is 7.49. The Bertz CT molecular complexity index is 2110. The van der Waals surface area contributed by atoms with E-state index in [4.69, 9.17) is 11.3 Å². The predicted octanol–water partition coefficient (Wildman–Crippen LogP) is 6.29. The third-order valence-electron chi connectivity index (χ3n) is 9.93. The molecular formula is C36H31F7N8O2. The molecule has 0 unspecified atom stereocenters. The van der Waals surface area contributed by atoms with E-state index in [1.807, 2.05) is 4.90 Å². The molecule has 6 heterocycles. The molecule has 0 radical (unpaired) electrons. The van der Waals surface area contributed by atoms with Crippen molar-refractivity contribution in [2.45, 2.75) is 43.2 Å². The lowest BCUT2D eigenvalue weighted by atomic mass is 9.95. The molecule has 1 amide bonds. The molecule has 10 nitrogen and oxygen atoms in total. The summed E-state index contributed by atoms with van der Waals surface area (Å²) in [5, 5.41) is -0.0449. The first-order valence-electron chi connectivity index (χ1n) is 16.8. The first-order valence-corrected chi connectivity index (χ1v) is 16.8. The topological polar surface area (TPSA) is 91.9 Å². The Morgan fingerprint density at radius 2 is 1.92 bits per heavy atom. The molecule has 4 aromatic rings. The maximum absolute atomic E-state index is 16.5. The van der Waals surface area contributed by atoms with E-state index in [9.17, 15) is 26.7 Å². The summed E-state index contributed by atoms with van der Waals surface area (Å²) in [6, 6.07) is 5.20. The summed E-state index contributed by atoms with van der Waals surface area (Å²) in [4.78, 5) is 38.3. The lowest BCUT2D eigenvalue weighted by Gasteiger charge is -2.39. The van der Waals surface area contributed by atoms with Crippen molar-refractivity contribution in [1.82, 2.24) is 29.7 Å².